The van der Waals surface area contributed by atoms with E-state index in [-0.39, 0.29) is 16.0 Å². The molecule has 0 radical (unpaired) electrons. The van der Waals surface area contributed by atoms with Crippen LogP contribution in [0.5, 0.6) is 5.75 Å². The Morgan fingerprint density at radius 3 is 2.18 bits per heavy atom. The van der Waals surface area contributed by atoms with Crippen molar-refractivity contribution >= 4 is 24.4 Å². The number of benzene rings is 2. The monoisotopic (exact) mass is 413 g/mol. The molecule has 3 rings (SSSR count). The summed E-state index contributed by atoms with van der Waals surface area (Å²) in [4.78, 5) is 15.0. The van der Waals surface area contributed by atoms with Crippen LogP contribution in [0, 0.1) is 0 Å². The Labute approximate surface area is 175 Å². The minimum atomic E-state index is -0.236. The van der Waals surface area contributed by atoms with Gasteiger partial charge in [-0.1, -0.05) is 48.5 Å². The molecule has 6 heteroatoms. The third-order valence-corrected chi connectivity index (χ3v) is 6.57. The fraction of sp³-hybridized carbons (Fsp3) is 0.227. The Hall–Kier alpha value is -2.15. The average molecular weight is 414 g/mol. The zero-order chi connectivity index (χ0) is 20.1. The van der Waals surface area contributed by atoms with Gasteiger partial charge in [0.05, 0.1) is 18.8 Å². The Morgan fingerprint density at radius 1 is 1.04 bits per heavy atom. The van der Waals surface area contributed by atoms with Gasteiger partial charge in [0.1, 0.15) is 10.6 Å². The molecule has 4 nitrogen and oxygen atoms in total. The van der Waals surface area contributed by atoms with Crippen molar-refractivity contribution in [3.05, 3.63) is 77.1 Å². The van der Waals surface area contributed by atoms with Crippen molar-refractivity contribution in [3.63, 3.8) is 0 Å². The van der Waals surface area contributed by atoms with E-state index in [9.17, 15) is 9.90 Å². The van der Waals surface area contributed by atoms with E-state index >= 15 is 0 Å². The summed E-state index contributed by atoms with van der Waals surface area (Å²) in [5, 5.41) is 10.7. The Balaban J connectivity index is 2.18. The third kappa shape index (κ3) is 4.29. The Bertz CT molecular complexity index is 971. The lowest BCUT2D eigenvalue weighted by Crippen LogP contribution is -3.13. The van der Waals surface area contributed by atoms with Crippen LogP contribution in [0.1, 0.15) is 13.8 Å². The lowest BCUT2D eigenvalue weighted by molar-refractivity contribution is -0.892. The first-order valence-corrected chi connectivity index (χ1v) is 10.8. The summed E-state index contributed by atoms with van der Waals surface area (Å²) in [6.45, 7) is 5.97. The number of aromatic nitrogens is 1. The average Bonchev–Trinajstić information content (AvgIpc) is 2.73. The summed E-state index contributed by atoms with van der Waals surface area (Å²) in [5.74, 6) is -0.00774. The minimum absolute atomic E-state index is 0.00774. The van der Waals surface area contributed by atoms with Gasteiger partial charge in [0, 0.05) is 11.8 Å². The summed E-state index contributed by atoms with van der Waals surface area (Å²) in [6, 6.07) is 20.8. The molecule has 0 spiro atoms. The van der Waals surface area contributed by atoms with Gasteiger partial charge in [0.2, 0.25) is 0 Å². The van der Waals surface area contributed by atoms with Crippen molar-refractivity contribution < 1.29 is 10.0 Å². The van der Waals surface area contributed by atoms with Crippen LogP contribution < -0.4 is 10.5 Å². The smallest absolute Gasteiger partial charge is 0.273 e. The van der Waals surface area contributed by atoms with Gasteiger partial charge in [-0.25, -0.2) is 0 Å². The number of rotatable bonds is 7. The summed E-state index contributed by atoms with van der Waals surface area (Å²) in [7, 11) is 0. The number of hydrogen-bond donors (Lipinski definition) is 3. The summed E-state index contributed by atoms with van der Waals surface area (Å²) >= 11 is 5.99. The van der Waals surface area contributed by atoms with E-state index in [1.807, 2.05) is 60.7 Å². The molecule has 0 amide bonds. The van der Waals surface area contributed by atoms with Gasteiger partial charge >= 0.3 is 0 Å². The molecule has 146 valence electrons. The third-order valence-electron chi connectivity index (χ3n) is 4.72. The number of thiol groups is 1. The molecule has 0 fully saturated rings. The normalized spacial score (nSPS) is 12.3. The van der Waals surface area contributed by atoms with Crippen molar-refractivity contribution in [2.75, 3.05) is 13.1 Å². The number of nitrogens with zero attached hydrogens (tertiary/aromatic N) is 1. The molecule has 3 aromatic rings. The van der Waals surface area contributed by atoms with Crippen LogP contribution in [0.3, 0.4) is 0 Å². The van der Waals surface area contributed by atoms with E-state index in [0.717, 1.165) is 24.3 Å². The van der Waals surface area contributed by atoms with Crippen LogP contribution in [0.15, 0.2) is 76.4 Å². The maximum atomic E-state index is 13.5. The first-order valence-electron chi connectivity index (χ1n) is 9.36. The molecule has 28 heavy (non-hydrogen) atoms. The quantitative estimate of drug-likeness (QED) is 0.316. The van der Waals surface area contributed by atoms with Crippen molar-refractivity contribution in [3.8, 4) is 22.7 Å². The minimum Gasteiger partial charge on any atom is -0.506 e. The van der Waals surface area contributed by atoms with Crippen LogP contribution in [0.4, 0.5) is 0 Å². The highest BCUT2D eigenvalue weighted by atomic mass is 32.2. The fourth-order valence-corrected chi connectivity index (χ4v) is 4.92. The summed E-state index contributed by atoms with van der Waals surface area (Å²) < 4.78 is 1.52. The predicted molar refractivity (Wildman–Crippen MR) is 120 cm³/mol. The van der Waals surface area contributed by atoms with E-state index < -0.39 is 0 Å². The number of para-hydroxylation sites is 1. The Kier molecular flexibility index (Phi) is 6.88. The lowest BCUT2D eigenvalue weighted by atomic mass is 10.1. The van der Waals surface area contributed by atoms with Crippen LogP contribution in [-0.4, -0.2) is 27.5 Å². The molecule has 1 atom stereocenters. The van der Waals surface area contributed by atoms with Crippen LogP contribution in [-0.2, 0) is 0 Å². The molecule has 2 aromatic carbocycles. The zero-order valence-electron chi connectivity index (χ0n) is 16.0. The van der Waals surface area contributed by atoms with Gasteiger partial charge in [-0.15, -0.1) is 12.6 Å². The Morgan fingerprint density at radius 2 is 1.61 bits per heavy atom. The topological polar surface area (TPSA) is 46.7 Å². The van der Waals surface area contributed by atoms with Crippen LogP contribution in [0.25, 0.3) is 16.9 Å². The number of nitrogens with one attached hydrogen (secondary N) is 1. The second kappa shape index (κ2) is 9.37. The standard InChI is InChI=1S/C22H24N2O2S2/c1-3-23(4-2)22(27)28-20-19(25)15-18(16-11-7-5-8-12-16)24(21(20)26)17-13-9-6-10-14-17/h5-15,22,25,27H,3-4H2,1-2H3/p+1/t22-/m0/s1. The van der Waals surface area contributed by atoms with Gasteiger partial charge in [-0.2, -0.15) is 0 Å². The number of hydrogen-bond acceptors (Lipinski definition) is 4. The van der Waals surface area contributed by atoms with Gasteiger partial charge in [-0.05, 0) is 43.3 Å². The van der Waals surface area contributed by atoms with Crippen molar-refractivity contribution in [1.29, 1.82) is 0 Å². The molecule has 0 unspecified atom stereocenters. The van der Waals surface area contributed by atoms with Crippen molar-refractivity contribution in [2.45, 2.75) is 23.4 Å². The first-order chi connectivity index (χ1) is 13.6. The van der Waals surface area contributed by atoms with E-state index in [0.29, 0.717) is 10.6 Å². The number of pyridine rings is 1. The van der Waals surface area contributed by atoms with Crippen molar-refractivity contribution in [2.24, 2.45) is 0 Å². The van der Waals surface area contributed by atoms with E-state index in [1.54, 1.807) is 10.6 Å². The maximum Gasteiger partial charge on any atom is 0.273 e. The van der Waals surface area contributed by atoms with Gasteiger partial charge in [0.15, 0.2) is 4.71 Å². The van der Waals surface area contributed by atoms with Gasteiger partial charge in [0.25, 0.3) is 5.56 Å². The summed E-state index contributed by atoms with van der Waals surface area (Å²) in [5.41, 5.74) is 2.05. The molecule has 0 saturated carbocycles. The molecule has 1 heterocycles. The van der Waals surface area contributed by atoms with E-state index in [2.05, 4.69) is 26.5 Å². The van der Waals surface area contributed by atoms with Crippen LogP contribution in [0.2, 0.25) is 0 Å². The number of aromatic hydroxyl groups is 1. The number of thioether (sulfide) groups is 1. The lowest BCUT2D eigenvalue weighted by Gasteiger charge is -2.23. The van der Waals surface area contributed by atoms with E-state index in [1.165, 1.54) is 16.7 Å². The summed E-state index contributed by atoms with van der Waals surface area (Å²) in [6.07, 6.45) is 0. The molecule has 0 bridgehead atoms. The maximum absolute atomic E-state index is 13.5. The fourth-order valence-electron chi connectivity index (χ4n) is 3.14. The highest BCUT2D eigenvalue weighted by Gasteiger charge is 2.23. The van der Waals surface area contributed by atoms with Gasteiger partial charge in [-0.3, -0.25) is 9.36 Å². The second-order valence-electron chi connectivity index (χ2n) is 6.42. The largest absolute Gasteiger partial charge is 0.506 e. The molecule has 0 aliphatic carbocycles. The van der Waals surface area contributed by atoms with Gasteiger partial charge < -0.3 is 10.0 Å². The molecule has 0 saturated heterocycles. The molecule has 0 aliphatic rings. The first kappa shape index (κ1) is 20.6. The molecular weight excluding hydrogens is 388 g/mol. The van der Waals surface area contributed by atoms with Crippen LogP contribution >= 0.6 is 24.4 Å². The highest BCUT2D eigenvalue weighted by Crippen LogP contribution is 2.33. The molecule has 2 N–H and O–H groups in total. The van der Waals surface area contributed by atoms with Crippen molar-refractivity contribution in [1.82, 2.24) is 4.57 Å². The molecule has 0 aliphatic heterocycles. The number of quaternary nitrogens is 1. The van der Waals surface area contributed by atoms with E-state index in [4.69, 9.17) is 0 Å². The molecule has 1 aromatic heterocycles. The molecular formula is C22H25N2O2S2+. The zero-order valence-corrected chi connectivity index (χ0v) is 17.7. The predicted octanol–water partition coefficient (Wildman–Crippen LogP) is 3.44. The highest BCUT2D eigenvalue weighted by molar-refractivity contribution is 8.10. The second-order valence-corrected chi connectivity index (χ2v) is 8.40. The SMILES string of the molecule is CC[NH+](CC)[C@@H](S)Sc1c(O)cc(-c2ccccc2)n(-c2ccccc2)c1=O.